The summed E-state index contributed by atoms with van der Waals surface area (Å²) in [5.41, 5.74) is 0. The molecule has 22 heavy (non-hydrogen) atoms. The summed E-state index contributed by atoms with van der Waals surface area (Å²) in [6, 6.07) is 0. The standard InChI is InChI=1S/C19H30N2O/c1-14-3-7-16(8-4-14)13-22-18-11-20-19(21-12-18)17-9-5-15(2)6-10-17/h11-12,14-17H,3-10,13H2,1-2H3. The predicted octanol–water partition coefficient (Wildman–Crippen LogP) is 4.98. The Hall–Kier alpha value is -1.12. The number of ether oxygens (including phenoxy) is 1. The maximum absolute atomic E-state index is 5.92. The second kappa shape index (κ2) is 7.43. The Morgan fingerprint density at radius 1 is 0.864 bits per heavy atom. The lowest BCUT2D eigenvalue weighted by Crippen LogP contribution is -2.19. The molecule has 0 amide bonds. The Labute approximate surface area is 134 Å². The molecule has 3 heteroatoms. The van der Waals surface area contributed by atoms with Crippen LogP contribution in [0.1, 0.15) is 77.0 Å². The number of hydrogen-bond donors (Lipinski definition) is 0. The van der Waals surface area contributed by atoms with Crippen LogP contribution in [0.2, 0.25) is 0 Å². The number of rotatable bonds is 4. The average molecular weight is 302 g/mol. The molecular formula is C19H30N2O. The van der Waals surface area contributed by atoms with Gasteiger partial charge in [0.1, 0.15) is 5.82 Å². The van der Waals surface area contributed by atoms with Gasteiger partial charge in [-0.2, -0.15) is 0 Å². The van der Waals surface area contributed by atoms with Crippen LogP contribution in [-0.2, 0) is 0 Å². The molecule has 0 saturated heterocycles. The number of hydrogen-bond acceptors (Lipinski definition) is 3. The molecule has 1 aromatic rings. The lowest BCUT2D eigenvalue weighted by atomic mass is 9.82. The molecule has 0 bridgehead atoms. The van der Waals surface area contributed by atoms with Crippen LogP contribution in [0.25, 0.3) is 0 Å². The van der Waals surface area contributed by atoms with Gasteiger partial charge in [-0.3, -0.25) is 0 Å². The van der Waals surface area contributed by atoms with E-state index in [9.17, 15) is 0 Å². The van der Waals surface area contributed by atoms with Gasteiger partial charge in [-0.25, -0.2) is 9.97 Å². The quantitative estimate of drug-likeness (QED) is 0.787. The highest BCUT2D eigenvalue weighted by molar-refractivity contribution is 5.14. The molecule has 0 N–H and O–H groups in total. The molecule has 0 radical (unpaired) electrons. The molecule has 1 heterocycles. The third-order valence-corrected chi connectivity index (χ3v) is 5.65. The zero-order chi connectivity index (χ0) is 15.4. The lowest BCUT2D eigenvalue weighted by Gasteiger charge is -2.26. The van der Waals surface area contributed by atoms with Gasteiger partial charge in [0.05, 0.1) is 19.0 Å². The summed E-state index contributed by atoms with van der Waals surface area (Å²) in [5.74, 6) is 4.91. The molecule has 1 aromatic heterocycles. The Bertz CT molecular complexity index is 443. The molecular weight excluding hydrogens is 272 g/mol. The summed E-state index contributed by atoms with van der Waals surface area (Å²) in [5, 5.41) is 0. The molecule has 0 spiro atoms. The Morgan fingerprint density at radius 2 is 1.41 bits per heavy atom. The van der Waals surface area contributed by atoms with Crippen molar-refractivity contribution >= 4 is 0 Å². The van der Waals surface area contributed by atoms with E-state index in [1.807, 2.05) is 12.4 Å². The third kappa shape index (κ3) is 4.21. The van der Waals surface area contributed by atoms with Crippen LogP contribution >= 0.6 is 0 Å². The van der Waals surface area contributed by atoms with Crippen LogP contribution in [0.15, 0.2) is 12.4 Å². The van der Waals surface area contributed by atoms with Crippen molar-refractivity contribution in [3.63, 3.8) is 0 Å². The van der Waals surface area contributed by atoms with Gasteiger partial charge >= 0.3 is 0 Å². The first-order valence-electron chi connectivity index (χ1n) is 9.15. The van der Waals surface area contributed by atoms with Gasteiger partial charge in [-0.15, -0.1) is 0 Å². The van der Waals surface area contributed by atoms with Crippen molar-refractivity contribution in [3.8, 4) is 5.75 Å². The number of nitrogens with zero attached hydrogens (tertiary/aromatic N) is 2. The minimum absolute atomic E-state index is 0.560. The fraction of sp³-hybridized carbons (Fsp3) is 0.789. The molecule has 0 aromatic carbocycles. The van der Waals surface area contributed by atoms with Crippen LogP contribution in [0.3, 0.4) is 0 Å². The second-order valence-electron chi connectivity index (χ2n) is 7.67. The van der Waals surface area contributed by atoms with E-state index in [0.29, 0.717) is 5.92 Å². The predicted molar refractivity (Wildman–Crippen MR) is 89.0 cm³/mol. The summed E-state index contributed by atoms with van der Waals surface area (Å²) in [7, 11) is 0. The normalized spacial score (nSPS) is 32.6. The zero-order valence-corrected chi connectivity index (χ0v) is 14.1. The van der Waals surface area contributed by atoms with E-state index >= 15 is 0 Å². The third-order valence-electron chi connectivity index (χ3n) is 5.65. The average Bonchev–Trinajstić information content (AvgIpc) is 2.56. The first-order valence-corrected chi connectivity index (χ1v) is 9.15. The van der Waals surface area contributed by atoms with E-state index < -0.39 is 0 Å². The van der Waals surface area contributed by atoms with E-state index in [-0.39, 0.29) is 0 Å². The first kappa shape index (κ1) is 15.8. The smallest absolute Gasteiger partial charge is 0.155 e. The highest BCUT2D eigenvalue weighted by Gasteiger charge is 2.22. The fourth-order valence-electron chi connectivity index (χ4n) is 3.84. The van der Waals surface area contributed by atoms with Crippen LogP contribution < -0.4 is 4.74 Å². The summed E-state index contributed by atoms with van der Waals surface area (Å²) < 4.78 is 5.92. The summed E-state index contributed by atoms with van der Waals surface area (Å²) in [6.07, 6.45) is 14.2. The molecule has 2 fully saturated rings. The molecule has 122 valence electrons. The SMILES string of the molecule is CC1CCC(COc2cnc(C3CCC(C)CC3)nc2)CC1. The van der Waals surface area contributed by atoms with E-state index in [1.165, 1.54) is 51.4 Å². The monoisotopic (exact) mass is 302 g/mol. The van der Waals surface area contributed by atoms with Crippen LogP contribution in [-0.4, -0.2) is 16.6 Å². The van der Waals surface area contributed by atoms with Gasteiger partial charge in [0.25, 0.3) is 0 Å². The Balaban J connectivity index is 1.47. The zero-order valence-electron chi connectivity index (χ0n) is 14.1. The van der Waals surface area contributed by atoms with E-state index in [2.05, 4.69) is 23.8 Å². The van der Waals surface area contributed by atoms with Gasteiger partial charge in [-0.05, 0) is 43.4 Å². The van der Waals surface area contributed by atoms with Crippen LogP contribution in [0.4, 0.5) is 0 Å². The highest BCUT2D eigenvalue weighted by Crippen LogP contribution is 2.34. The largest absolute Gasteiger partial charge is 0.490 e. The summed E-state index contributed by atoms with van der Waals surface area (Å²) >= 11 is 0. The van der Waals surface area contributed by atoms with E-state index in [0.717, 1.165) is 35.9 Å². The van der Waals surface area contributed by atoms with Crippen molar-refractivity contribution < 1.29 is 4.74 Å². The van der Waals surface area contributed by atoms with Gasteiger partial charge in [0.15, 0.2) is 5.75 Å². The van der Waals surface area contributed by atoms with Gasteiger partial charge < -0.3 is 4.74 Å². The minimum Gasteiger partial charge on any atom is -0.490 e. The maximum Gasteiger partial charge on any atom is 0.155 e. The second-order valence-corrected chi connectivity index (χ2v) is 7.67. The van der Waals surface area contributed by atoms with E-state index in [1.54, 1.807) is 0 Å². The van der Waals surface area contributed by atoms with Crippen molar-refractivity contribution in [2.75, 3.05) is 6.61 Å². The number of aromatic nitrogens is 2. The van der Waals surface area contributed by atoms with Crippen molar-refractivity contribution in [1.29, 1.82) is 0 Å². The Morgan fingerprint density at radius 3 is 2.00 bits per heavy atom. The first-order chi connectivity index (χ1) is 10.7. The topological polar surface area (TPSA) is 35.0 Å². The van der Waals surface area contributed by atoms with Gasteiger partial charge in [0, 0.05) is 5.92 Å². The van der Waals surface area contributed by atoms with Crippen LogP contribution in [0, 0.1) is 17.8 Å². The molecule has 3 nitrogen and oxygen atoms in total. The molecule has 3 rings (SSSR count). The molecule has 2 aliphatic carbocycles. The summed E-state index contributed by atoms with van der Waals surface area (Å²) in [6.45, 7) is 5.53. The Kier molecular flexibility index (Phi) is 5.32. The molecule has 0 unspecified atom stereocenters. The molecule has 0 aliphatic heterocycles. The minimum atomic E-state index is 0.560. The van der Waals surface area contributed by atoms with Crippen molar-refractivity contribution in [2.45, 2.75) is 71.1 Å². The lowest BCUT2D eigenvalue weighted by molar-refractivity contribution is 0.187. The van der Waals surface area contributed by atoms with Gasteiger partial charge in [0.2, 0.25) is 0 Å². The molecule has 2 aliphatic rings. The fourth-order valence-corrected chi connectivity index (χ4v) is 3.84. The van der Waals surface area contributed by atoms with Crippen molar-refractivity contribution in [3.05, 3.63) is 18.2 Å². The van der Waals surface area contributed by atoms with E-state index in [4.69, 9.17) is 4.74 Å². The van der Waals surface area contributed by atoms with Crippen molar-refractivity contribution in [2.24, 2.45) is 17.8 Å². The van der Waals surface area contributed by atoms with Crippen molar-refractivity contribution in [1.82, 2.24) is 9.97 Å². The molecule has 2 saturated carbocycles. The molecule has 0 atom stereocenters. The van der Waals surface area contributed by atoms with Gasteiger partial charge in [-0.1, -0.05) is 39.5 Å². The van der Waals surface area contributed by atoms with Crippen LogP contribution in [0.5, 0.6) is 5.75 Å². The maximum atomic E-state index is 5.92. The summed E-state index contributed by atoms with van der Waals surface area (Å²) in [4.78, 5) is 9.13. The highest BCUT2D eigenvalue weighted by atomic mass is 16.5.